The van der Waals surface area contributed by atoms with Crippen LogP contribution in [0.25, 0.3) is 5.57 Å². The van der Waals surface area contributed by atoms with Crippen molar-refractivity contribution in [2.24, 2.45) is 4.99 Å². The molecular formula is C11H11N2O+. The van der Waals surface area contributed by atoms with Crippen LogP contribution in [0.3, 0.4) is 0 Å². The summed E-state index contributed by atoms with van der Waals surface area (Å²) >= 11 is 0. The zero-order valence-electron chi connectivity index (χ0n) is 7.90. The summed E-state index contributed by atoms with van der Waals surface area (Å²) in [7, 11) is 1.78. The van der Waals surface area contributed by atoms with Crippen molar-refractivity contribution in [3.05, 3.63) is 42.1 Å². The maximum atomic E-state index is 11.1. The van der Waals surface area contributed by atoms with Gasteiger partial charge < -0.3 is 0 Å². The van der Waals surface area contributed by atoms with Crippen molar-refractivity contribution < 1.29 is 9.69 Å². The Morgan fingerprint density at radius 1 is 1.21 bits per heavy atom. The lowest BCUT2D eigenvalue weighted by atomic mass is 10.1. The molecule has 0 spiro atoms. The normalized spacial score (nSPS) is 20.8. The van der Waals surface area contributed by atoms with E-state index in [9.17, 15) is 4.79 Å². The number of benzene rings is 1. The van der Waals surface area contributed by atoms with Gasteiger partial charge in [0, 0.05) is 6.21 Å². The van der Waals surface area contributed by atoms with Gasteiger partial charge in [0.15, 0.2) is 0 Å². The predicted molar refractivity (Wildman–Crippen MR) is 55.2 cm³/mol. The minimum Gasteiger partial charge on any atom is -0.225 e. The van der Waals surface area contributed by atoms with Crippen molar-refractivity contribution in [1.82, 2.24) is 0 Å². The molecule has 0 fully saturated rings. The fourth-order valence-corrected chi connectivity index (χ4v) is 1.35. The SMILES string of the molecule is C[NH+]1C=C(c2ccccc2)C=NC1=O. The summed E-state index contributed by atoms with van der Waals surface area (Å²) in [5.41, 5.74) is 2.07. The van der Waals surface area contributed by atoms with Crippen LogP contribution in [0.15, 0.2) is 41.5 Å². The second kappa shape index (κ2) is 3.55. The first-order chi connectivity index (χ1) is 6.77. The van der Waals surface area contributed by atoms with Crippen LogP contribution >= 0.6 is 0 Å². The fourth-order valence-electron chi connectivity index (χ4n) is 1.35. The number of urea groups is 1. The van der Waals surface area contributed by atoms with Gasteiger partial charge in [-0.15, -0.1) is 0 Å². The zero-order chi connectivity index (χ0) is 9.97. The smallest absolute Gasteiger partial charge is 0.225 e. The van der Waals surface area contributed by atoms with Crippen LogP contribution in [0.4, 0.5) is 4.79 Å². The molecule has 1 aromatic rings. The van der Waals surface area contributed by atoms with E-state index in [1.807, 2.05) is 36.5 Å². The topological polar surface area (TPSA) is 33.9 Å². The number of hydrogen-bond donors (Lipinski definition) is 1. The molecule has 3 heteroatoms. The Hall–Kier alpha value is -1.74. The molecule has 0 radical (unpaired) electrons. The van der Waals surface area contributed by atoms with Crippen LogP contribution in [0.5, 0.6) is 0 Å². The monoisotopic (exact) mass is 187 g/mol. The molecule has 1 aromatic carbocycles. The molecule has 1 heterocycles. The van der Waals surface area contributed by atoms with Gasteiger partial charge in [-0.05, 0) is 5.56 Å². The lowest BCUT2D eigenvalue weighted by Gasteiger charge is -2.09. The summed E-state index contributed by atoms with van der Waals surface area (Å²) in [6.07, 6.45) is 3.48. The van der Waals surface area contributed by atoms with Gasteiger partial charge in [0.25, 0.3) is 0 Å². The molecule has 0 aromatic heterocycles. The average molecular weight is 187 g/mol. The first-order valence-corrected chi connectivity index (χ1v) is 4.46. The molecule has 1 aliphatic heterocycles. The van der Waals surface area contributed by atoms with Gasteiger partial charge in [-0.1, -0.05) is 30.3 Å². The van der Waals surface area contributed by atoms with E-state index in [2.05, 4.69) is 4.99 Å². The summed E-state index contributed by atoms with van der Waals surface area (Å²) in [5.74, 6) is 0. The molecule has 1 N–H and O–H groups in total. The first kappa shape index (κ1) is 8.84. The molecule has 1 unspecified atom stereocenters. The number of rotatable bonds is 1. The van der Waals surface area contributed by atoms with Crippen LogP contribution in [0.2, 0.25) is 0 Å². The maximum absolute atomic E-state index is 11.1. The molecule has 2 rings (SSSR count). The quantitative estimate of drug-likeness (QED) is 0.691. The second-order valence-corrected chi connectivity index (χ2v) is 3.21. The van der Waals surface area contributed by atoms with Crippen molar-refractivity contribution in [3.63, 3.8) is 0 Å². The predicted octanol–water partition coefficient (Wildman–Crippen LogP) is 0.747. The maximum Gasteiger partial charge on any atom is 0.445 e. The number of aliphatic imine (C=N–C) groups is 1. The third-order valence-electron chi connectivity index (χ3n) is 2.14. The van der Waals surface area contributed by atoms with Gasteiger partial charge in [0.05, 0.1) is 12.6 Å². The summed E-state index contributed by atoms with van der Waals surface area (Å²) in [6.45, 7) is 0. The zero-order valence-corrected chi connectivity index (χ0v) is 7.90. The number of carbonyl (C=O) groups excluding carboxylic acids is 1. The number of allylic oxidation sites excluding steroid dienone is 1. The highest BCUT2D eigenvalue weighted by Crippen LogP contribution is 2.10. The molecule has 3 nitrogen and oxygen atoms in total. The van der Waals surface area contributed by atoms with Gasteiger partial charge in [0.1, 0.15) is 6.20 Å². The van der Waals surface area contributed by atoms with E-state index in [1.165, 1.54) is 0 Å². The average Bonchev–Trinajstić information content (AvgIpc) is 2.23. The van der Waals surface area contributed by atoms with E-state index in [-0.39, 0.29) is 6.03 Å². The Balaban J connectivity index is 2.34. The standard InChI is InChI=1S/C11H10N2O/c1-13-8-10(7-12-11(13)14)9-5-3-2-4-6-9/h2-8H,1H3/p+1. The third-order valence-corrected chi connectivity index (χ3v) is 2.14. The van der Waals surface area contributed by atoms with Crippen molar-refractivity contribution >= 4 is 17.8 Å². The van der Waals surface area contributed by atoms with E-state index in [4.69, 9.17) is 0 Å². The Kier molecular flexibility index (Phi) is 2.24. The summed E-state index contributed by atoms with van der Waals surface area (Å²) in [5, 5.41) is 0. The van der Waals surface area contributed by atoms with Gasteiger partial charge in [-0.25, -0.2) is 9.69 Å². The highest BCUT2D eigenvalue weighted by Gasteiger charge is 2.16. The second-order valence-electron chi connectivity index (χ2n) is 3.21. The van der Waals surface area contributed by atoms with Crippen LogP contribution in [0, 0.1) is 0 Å². The fraction of sp³-hybridized carbons (Fsp3) is 0.0909. The van der Waals surface area contributed by atoms with Crippen LogP contribution in [-0.4, -0.2) is 19.3 Å². The Morgan fingerprint density at radius 3 is 2.57 bits per heavy atom. The van der Waals surface area contributed by atoms with Crippen molar-refractivity contribution in [3.8, 4) is 0 Å². The summed E-state index contributed by atoms with van der Waals surface area (Å²) < 4.78 is 0. The lowest BCUT2D eigenvalue weighted by Crippen LogP contribution is -3.07. The molecule has 0 aliphatic carbocycles. The minimum absolute atomic E-state index is 0.148. The number of amides is 2. The Labute approximate surface area is 82.4 Å². The Morgan fingerprint density at radius 2 is 1.93 bits per heavy atom. The van der Waals surface area contributed by atoms with Crippen LogP contribution in [0.1, 0.15) is 5.56 Å². The number of quaternary nitrogens is 1. The van der Waals surface area contributed by atoms with E-state index in [0.717, 1.165) is 11.1 Å². The number of nitrogens with one attached hydrogen (secondary N) is 1. The van der Waals surface area contributed by atoms with Crippen molar-refractivity contribution in [1.29, 1.82) is 0 Å². The first-order valence-electron chi connectivity index (χ1n) is 4.46. The van der Waals surface area contributed by atoms with E-state index >= 15 is 0 Å². The molecule has 2 amide bonds. The number of carbonyl (C=O) groups is 1. The summed E-state index contributed by atoms with van der Waals surface area (Å²) in [4.78, 5) is 15.6. The molecule has 0 saturated carbocycles. The molecule has 1 aliphatic rings. The molecule has 70 valence electrons. The molecule has 14 heavy (non-hydrogen) atoms. The van der Waals surface area contributed by atoms with E-state index < -0.39 is 0 Å². The largest absolute Gasteiger partial charge is 0.445 e. The van der Waals surface area contributed by atoms with E-state index in [1.54, 1.807) is 13.3 Å². The van der Waals surface area contributed by atoms with Crippen molar-refractivity contribution in [2.75, 3.05) is 7.05 Å². The van der Waals surface area contributed by atoms with Gasteiger partial charge >= 0.3 is 6.03 Å². The van der Waals surface area contributed by atoms with Gasteiger partial charge in [0.2, 0.25) is 0 Å². The molecule has 1 atom stereocenters. The number of nitrogens with zero attached hydrogens (tertiary/aromatic N) is 1. The lowest BCUT2D eigenvalue weighted by molar-refractivity contribution is -0.730. The molecule has 0 bridgehead atoms. The summed E-state index contributed by atoms with van der Waals surface area (Å²) in [6, 6.07) is 9.75. The Bertz CT molecular complexity index is 407. The van der Waals surface area contributed by atoms with E-state index in [0.29, 0.717) is 4.90 Å². The van der Waals surface area contributed by atoms with Gasteiger partial charge in [-0.2, -0.15) is 4.99 Å². The number of hydrogen-bond acceptors (Lipinski definition) is 1. The van der Waals surface area contributed by atoms with Crippen LogP contribution < -0.4 is 4.90 Å². The van der Waals surface area contributed by atoms with Crippen LogP contribution in [-0.2, 0) is 0 Å². The molecule has 0 saturated heterocycles. The third kappa shape index (κ3) is 1.63. The minimum atomic E-state index is -0.148. The van der Waals surface area contributed by atoms with Crippen molar-refractivity contribution in [2.45, 2.75) is 0 Å². The highest BCUT2D eigenvalue weighted by atomic mass is 16.2. The highest BCUT2D eigenvalue weighted by molar-refractivity contribution is 6.13. The van der Waals surface area contributed by atoms with Gasteiger partial charge in [-0.3, -0.25) is 0 Å². The molecular weight excluding hydrogens is 176 g/mol.